The monoisotopic (exact) mass is 297 g/mol. The molecule has 0 saturated heterocycles. The molecule has 0 spiro atoms. The second kappa shape index (κ2) is 19.4. The van der Waals surface area contributed by atoms with E-state index in [2.05, 4.69) is 86.8 Å². The third-order valence-electron chi connectivity index (χ3n) is 2.98. The highest BCUT2D eigenvalue weighted by molar-refractivity contribution is 5.01. The average molecular weight is 298 g/mol. The Kier molecular flexibility index (Phi) is 18.1. The van der Waals surface area contributed by atoms with Gasteiger partial charge in [0.05, 0.1) is 0 Å². The molecule has 0 aliphatic heterocycles. The summed E-state index contributed by atoms with van der Waals surface area (Å²) < 4.78 is 0. The second-order valence-electron chi connectivity index (χ2n) is 5.08. The fraction of sp³-hybridized carbons (Fsp3) is 0.409. The third kappa shape index (κ3) is 18.4. The van der Waals surface area contributed by atoms with E-state index in [1.54, 1.807) is 0 Å². The van der Waals surface area contributed by atoms with Gasteiger partial charge < -0.3 is 0 Å². The summed E-state index contributed by atoms with van der Waals surface area (Å²) in [6.45, 7) is 5.97. The van der Waals surface area contributed by atoms with Crippen molar-refractivity contribution in [1.29, 1.82) is 0 Å². The molecular weight excluding hydrogens is 264 g/mol. The van der Waals surface area contributed by atoms with Gasteiger partial charge in [0.25, 0.3) is 0 Å². The molecule has 0 atom stereocenters. The number of unbranched alkanes of at least 4 members (excludes halogenated alkanes) is 1. The van der Waals surface area contributed by atoms with Gasteiger partial charge in [0.1, 0.15) is 0 Å². The van der Waals surface area contributed by atoms with Crippen molar-refractivity contribution in [3.05, 3.63) is 79.8 Å². The lowest BCUT2D eigenvalue weighted by Crippen LogP contribution is -1.65. The summed E-state index contributed by atoms with van der Waals surface area (Å²) in [4.78, 5) is 0. The van der Waals surface area contributed by atoms with Crippen LogP contribution in [0.2, 0.25) is 0 Å². The summed E-state index contributed by atoms with van der Waals surface area (Å²) in [6.07, 6.45) is 35.0. The Morgan fingerprint density at radius 1 is 0.500 bits per heavy atom. The molecule has 0 aromatic rings. The molecule has 0 nitrogen and oxygen atoms in total. The van der Waals surface area contributed by atoms with Crippen LogP contribution in [-0.2, 0) is 0 Å². The van der Waals surface area contributed by atoms with Gasteiger partial charge in [0.2, 0.25) is 0 Å². The molecular formula is C22H33. The molecule has 0 rings (SSSR count). The lowest BCUT2D eigenvalue weighted by Gasteiger charge is -1.86. The summed E-state index contributed by atoms with van der Waals surface area (Å²) in [5.41, 5.74) is 0. The highest BCUT2D eigenvalue weighted by atomic mass is 13.8. The summed E-state index contributed by atoms with van der Waals surface area (Å²) in [5.74, 6) is 0. The molecule has 0 aromatic carbocycles. The molecule has 0 fully saturated rings. The molecule has 0 aliphatic carbocycles. The van der Waals surface area contributed by atoms with Crippen LogP contribution in [0.15, 0.2) is 72.9 Å². The predicted octanol–water partition coefficient (Wildman–Crippen LogP) is 7.30. The van der Waals surface area contributed by atoms with Gasteiger partial charge >= 0.3 is 0 Å². The first kappa shape index (κ1) is 20.4. The topological polar surface area (TPSA) is 0 Å². The molecule has 1 radical (unpaired) electrons. The van der Waals surface area contributed by atoms with Crippen LogP contribution < -0.4 is 0 Å². The maximum absolute atomic E-state index is 3.76. The molecule has 0 unspecified atom stereocenters. The third-order valence-corrected chi connectivity index (χ3v) is 2.98. The minimum atomic E-state index is 0.880. The molecule has 0 saturated carbocycles. The molecule has 0 heteroatoms. The van der Waals surface area contributed by atoms with E-state index in [0.29, 0.717) is 0 Å². The molecule has 0 aliphatic rings. The highest BCUT2D eigenvalue weighted by Crippen LogP contribution is 1.97. The van der Waals surface area contributed by atoms with Crippen LogP contribution in [0.3, 0.4) is 0 Å². The largest absolute Gasteiger partial charge is 0.0882 e. The lowest BCUT2D eigenvalue weighted by molar-refractivity contribution is 0.954. The minimum Gasteiger partial charge on any atom is -0.0882 e. The molecule has 0 heterocycles. The van der Waals surface area contributed by atoms with Crippen molar-refractivity contribution in [3.8, 4) is 0 Å². The van der Waals surface area contributed by atoms with Crippen LogP contribution in [-0.4, -0.2) is 0 Å². The van der Waals surface area contributed by atoms with Crippen LogP contribution >= 0.6 is 0 Å². The number of hydrogen-bond donors (Lipinski definition) is 0. The average Bonchev–Trinajstić information content (AvgIpc) is 2.54. The number of allylic oxidation sites excluding steroid dienone is 12. The summed E-state index contributed by atoms with van der Waals surface area (Å²) in [7, 11) is 0. The van der Waals surface area contributed by atoms with Gasteiger partial charge in [-0.05, 0) is 51.9 Å². The zero-order valence-corrected chi connectivity index (χ0v) is 14.3. The van der Waals surface area contributed by atoms with Crippen LogP contribution in [0.1, 0.15) is 58.3 Å². The van der Waals surface area contributed by atoms with Gasteiger partial charge in [-0.3, -0.25) is 0 Å². The van der Waals surface area contributed by atoms with Crippen molar-refractivity contribution in [2.45, 2.75) is 58.3 Å². The fourth-order valence-corrected chi connectivity index (χ4v) is 1.76. The SMILES string of the molecule is [CH2]CC=CCC=CCC=CCC=CCC=CCC=CCCC. The minimum absolute atomic E-state index is 0.880. The maximum atomic E-state index is 3.76. The van der Waals surface area contributed by atoms with E-state index in [4.69, 9.17) is 0 Å². The first-order valence-electron chi connectivity index (χ1n) is 8.61. The van der Waals surface area contributed by atoms with Crippen molar-refractivity contribution in [2.24, 2.45) is 0 Å². The number of hydrogen-bond acceptors (Lipinski definition) is 0. The predicted molar refractivity (Wildman–Crippen MR) is 103 cm³/mol. The standard InChI is InChI=1S/C22H33/c1-3-5-7-9-11-13-15-17-19-21-22-20-18-16-14-12-10-8-6-4-2/h5,7-8,10-11,13-14,16-17,19-20,22H,1,3-4,6,9,12,15,18,21H2,2H3. The fourth-order valence-electron chi connectivity index (χ4n) is 1.76. The molecule has 0 aromatic heterocycles. The van der Waals surface area contributed by atoms with Gasteiger partial charge in [-0.1, -0.05) is 86.3 Å². The Morgan fingerprint density at radius 3 is 1.14 bits per heavy atom. The Hall–Kier alpha value is -1.56. The van der Waals surface area contributed by atoms with Crippen molar-refractivity contribution in [3.63, 3.8) is 0 Å². The first-order chi connectivity index (χ1) is 10.9. The van der Waals surface area contributed by atoms with Crippen LogP contribution in [0, 0.1) is 6.92 Å². The van der Waals surface area contributed by atoms with Crippen LogP contribution in [0.4, 0.5) is 0 Å². The smallest absolute Gasteiger partial charge is 0.0169 e. The van der Waals surface area contributed by atoms with Gasteiger partial charge in [-0.2, -0.15) is 0 Å². The summed E-state index contributed by atoms with van der Waals surface area (Å²) >= 11 is 0. The zero-order chi connectivity index (χ0) is 16.1. The zero-order valence-electron chi connectivity index (χ0n) is 14.3. The van der Waals surface area contributed by atoms with Gasteiger partial charge in [-0.15, -0.1) is 0 Å². The van der Waals surface area contributed by atoms with Gasteiger partial charge in [0, 0.05) is 0 Å². The lowest BCUT2D eigenvalue weighted by atomic mass is 10.2. The van der Waals surface area contributed by atoms with Crippen molar-refractivity contribution >= 4 is 0 Å². The van der Waals surface area contributed by atoms with E-state index >= 15 is 0 Å². The van der Waals surface area contributed by atoms with E-state index in [1.165, 1.54) is 12.8 Å². The second-order valence-corrected chi connectivity index (χ2v) is 5.08. The van der Waals surface area contributed by atoms with E-state index in [9.17, 15) is 0 Å². The van der Waals surface area contributed by atoms with Gasteiger partial charge in [0.15, 0.2) is 0 Å². The Bertz CT molecular complexity index is 375. The maximum Gasteiger partial charge on any atom is -0.0169 e. The summed E-state index contributed by atoms with van der Waals surface area (Å²) in [6, 6.07) is 0. The van der Waals surface area contributed by atoms with E-state index in [1.807, 2.05) is 0 Å². The molecule has 0 bridgehead atoms. The van der Waals surface area contributed by atoms with Gasteiger partial charge in [-0.25, -0.2) is 0 Å². The molecule has 22 heavy (non-hydrogen) atoms. The van der Waals surface area contributed by atoms with E-state index in [-0.39, 0.29) is 0 Å². The molecule has 0 amide bonds. The van der Waals surface area contributed by atoms with Crippen molar-refractivity contribution in [2.75, 3.05) is 0 Å². The Labute approximate surface area is 138 Å². The first-order valence-corrected chi connectivity index (χ1v) is 8.61. The molecule has 121 valence electrons. The van der Waals surface area contributed by atoms with Crippen LogP contribution in [0.5, 0.6) is 0 Å². The van der Waals surface area contributed by atoms with Crippen LogP contribution in [0.25, 0.3) is 0 Å². The Morgan fingerprint density at radius 2 is 0.818 bits per heavy atom. The summed E-state index contributed by atoms with van der Waals surface area (Å²) in [5, 5.41) is 0. The van der Waals surface area contributed by atoms with Crippen molar-refractivity contribution < 1.29 is 0 Å². The quantitative estimate of drug-likeness (QED) is 0.313. The molecule has 0 N–H and O–H groups in total. The highest BCUT2D eigenvalue weighted by Gasteiger charge is 1.76. The number of rotatable bonds is 13. The Balaban J connectivity index is 3.48. The van der Waals surface area contributed by atoms with E-state index in [0.717, 1.165) is 38.5 Å². The van der Waals surface area contributed by atoms with Crippen molar-refractivity contribution in [1.82, 2.24) is 0 Å². The van der Waals surface area contributed by atoms with E-state index < -0.39 is 0 Å². The normalized spacial score (nSPS) is 13.4.